The van der Waals surface area contributed by atoms with Crippen LogP contribution in [0.5, 0.6) is 0 Å². The first kappa shape index (κ1) is 23.2. The molecule has 142 valence electrons. The number of Topliss-reactive ketones (excluding diaryl/α,β-unsaturated/α-hetero) is 2. The molecule has 0 aliphatic rings. The molecule has 6 nitrogen and oxygen atoms in total. The first-order valence-corrected chi connectivity index (χ1v) is 8.97. The summed E-state index contributed by atoms with van der Waals surface area (Å²) in [5.74, 6) is 0.168. The van der Waals surface area contributed by atoms with Crippen LogP contribution in [0.4, 0.5) is 0 Å². The van der Waals surface area contributed by atoms with Crippen LogP contribution in [-0.4, -0.2) is 59.2 Å². The molecule has 0 saturated heterocycles. The molecule has 0 aromatic rings. The number of carbonyl (C=O) groups is 2. The van der Waals surface area contributed by atoms with Gasteiger partial charge < -0.3 is 20.8 Å². The van der Waals surface area contributed by atoms with E-state index >= 15 is 0 Å². The summed E-state index contributed by atoms with van der Waals surface area (Å²) in [6.45, 7) is 7.65. The normalized spacial score (nSPS) is 17.8. The zero-order valence-electron chi connectivity index (χ0n) is 15.9. The average molecular weight is 344 g/mol. The Balaban J connectivity index is 4.13. The lowest BCUT2D eigenvalue weighted by Crippen LogP contribution is -2.46. The zero-order chi connectivity index (χ0) is 18.8. The van der Waals surface area contributed by atoms with E-state index in [0.29, 0.717) is 38.5 Å². The summed E-state index contributed by atoms with van der Waals surface area (Å²) in [6.07, 6.45) is 1.94. The van der Waals surface area contributed by atoms with Crippen molar-refractivity contribution in [2.45, 2.75) is 90.0 Å². The molecule has 0 fully saturated rings. The molecular formula is C18H36N2O4. The molecule has 0 saturated carbocycles. The minimum Gasteiger partial charge on any atom is -0.390 e. The second kappa shape index (κ2) is 11.7. The van der Waals surface area contributed by atoms with Gasteiger partial charge in [0.1, 0.15) is 11.6 Å². The van der Waals surface area contributed by atoms with E-state index in [2.05, 4.69) is 10.6 Å². The van der Waals surface area contributed by atoms with Crippen molar-refractivity contribution < 1.29 is 19.8 Å². The van der Waals surface area contributed by atoms with E-state index in [0.717, 1.165) is 6.54 Å². The molecule has 4 N–H and O–H groups in total. The lowest BCUT2D eigenvalue weighted by atomic mass is 9.89. The summed E-state index contributed by atoms with van der Waals surface area (Å²) in [7, 11) is 1.75. The number of hydrogen-bond acceptors (Lipinski definition) is 6. The predicted molar refractivity (Wildman–Crippen MR) is 96.0 cm³/mol. The van der Waals surface area contributed by atoms with Crippen molar-refractivity contribution in [3.8, 4) is 0 Å². The number of aliphatic hydroxyl groups is 2. The molecule has 0 amide bonds. The third kappa shape index (κ3) is 8.33. The monoisotopic (exact) mass is 344 g/mol. The van der Waals surface area contributed by atoms with Crippen LogP contribution in [0.25, 0.3) is 0 Å². The molecule has 0 radical (unpaired) electrons. The van der Waals surface area contributed by atoms with Crippen LogP contribution in [0.3, 0.4) is 0 Å². The largest absolute Gasteiger partial charge is 0.390 e. The Labute approximate surface area is 146 Å². The van der Waals surface area contributed by atoms with Gasteiger partial charge in [0.15, 0.2) is 0 Å². The van der Waals surface area contributed by atoms with Crippen LogP contribution in [-0.2, 0) is 9.59 Å². The summed E-state index contributed by atoms with van der Waals surface area (Å²) in [6, 6.07) is -0.175. The van der Waals surface area contributed by atoms with Gasteiger partial charge in [-0.15, -0.1) is 0 Å². The molecular weight excluding hydrogens is 308 g/mol. The van der Waals surface area contributed by atoms with E-state index in [4.69, 9.17) is 0 Å². The summed E-state index contributed by atoms with van der Waals surface area (Å²) >= 11 is 0. The smallest absolute Gasteiger partial charge is 0.149 e. The van der Waals surface area contributed by atoms with Gasteiger partial charge >= 0.3 is 0 Å². The van der Waals surface area contributed by atoms with Crippen LogP contribution in [0.2, 0.25) is 0 Å². The van der Waals surface area contributed by atoms with Crippen LogP contribution >= 0.6 is 0 Å². The maximum atomic E-state index is 11.6. The Morgan fingerprint density at radius 3 is 2.00 bits per heavy atom. The molecule has 0 aliphatic heterocycles. The van der Waals surface area contributed by atoms with Crippen molar-refractivity contribution in [3.05, 3.63) is 0 Å². The predicted octanol–water partition coefficient (Wildman–Crippen LogP) is 1.18. The summed E-state index contributed by atoms with van der Waals surface area (Å²) in [4.78, 5) is 23.1. The van der Waals surface area contributed by atoms with Crippen molar-refractivity contribution >= 4 is 11.6 Å². The van der Waals surface area contributed by atoms with Gasteiger partial charge in [-0.25, -0.2) is 0 Å². The highest BCUT2D eigenvalue weighted by atomic mass is 16.3. The Kier molecular flexibility index (Phi) is 11.3. The van der Waals surface area contributed by atoms with Crippen molar-refractivity contribution in [2.24, 2.45) is 0 Å². The molecule has 0 rings (SSSR count). The van der Waals surface area contributed by atoms with Crippen LogP contribution in [0, 0.1) is 0 Å². The van der Waals surface area contributed by atoms with Crippen LogP contribution < -0.4 is 10.6 Å². The maximum absolute atomic E-state index is 11.6. The van der Waals surface area contributed by atoms with Gasteiger partial charge in [-0.2, -0.15) is 0 Å². The fourth-order valence-corrected chi connectivity index (χ4v) is 2.75. The number of likely N-dealkylation sites (N-methyl/N-ethyl adjacent to an activating group) is 2. The van der Waals surface area contributed by atoms with E-state index in [1.54, 1.807) is 20.9 Å². The molecule has 0 aromatic carbocycles. The fraction of sp³-hybridized carbons (Fsp3) is 0.889. The molecule has 0 spiro atoms. The average Bonchev–Trinajstić information content (AvgIpc) is 2.52. The number of ketones is 2. The van der Waals surface area contributed by atoms with Gasteiger partial charge in [0.2, 0.25) is 0 Å². The molecule has 0 aliphatic carbocycles. The third-order valence-electron chi connectivity index (χ3n) is 4.88. The highest BCUT2D eigenvalue weighted by Gasteiger charge is 2.27. The first-order chi connectivity index (χ1) is 11.2. The minimum absolute atomic E-state index is 0.0683. The Hall–Kier alpha value is -0.820. The zero-order valence-corrected chi connectivity index (χ0v) is 15.9. The number of aliphatic hydroxyl groups excluding tert-OH is 2. The minimum atomic E-state index is -0.798. The maximum Gasteiger partial charge on any atom is 0.149 e. The van der Waals surface area contributed by atoms with Crippen molar-refractivity contribution in [3.63, 3.8) is 0 Å². The Morgan fingerprint density at radius 1 is 1.04 bits per heavy atom. The summed E-state index contributed by atoms with van der Waals surface area (Å²) < 4.78 is 0. The van der Waals surface area contributed by atoms with Crippen LogP contribution in [0.15, 0.2) is 0 Å². The topological polar surface area (TPSA) is 98.7 Å². The van der Waals surface area contributed by atoms with E-state index in [-0.39, 0.29) is 17.6 Å². The van der Waals surface area contributed by atoms with Crippen molar-refractivity contribution in [1.29, 1.82) is 0 Å². The SMILES string of the molecule is CCNC(CCCC(O)C(O)CCCC(C)(NC)C(C)=O)C(C)=O. The lowest BCUT2D eigenvalue weighted by molar-refractivity contribution is -0.123. The van der Waals surface area contributed by atoms with Crippen LogP contribution in [0.1, 0.15) is 66.2 Å². The number of rotatable bonds is 14. The number of hydrogen-bond donors (Lipinski definition) is 4. The molecule has 4 unspecified atom stereocenters. The van der Waals surface area contributed by atoms with Gasteiger partial charge in [-0.3, -0.25) is 9.59 Å². The molecule has 0 bridgehead atoms. The molecule has 6 heteroatoms. The third-order valence-corrected chi connectivity index (χ3v) is 4.88. The second-order valence-corrected chi connectivity index (χ2v) is 6.82. The fourth-order valence-electron chi connectivity index (χ4n) is 2.75. The van der Waals surface area contributed by atoms with Gasteiger partial charge in [-0.05, 0) is 72.9 Å². The molecule has 4 atom stereocenters. The van der Waals surface area contributed by atoms with E-state index in [9.17, 15) is 19.8 Å². The Morgan fingerprint density at radius 2 is 1.58 bits per heavy atom. The van der Waals surface area contributed by atoms with Gasteiger partial charge in [-0.1, -0.05) is 6.92 Å². The summed E-state index contributed by atoms with van der Waals surface area (Å²) in [5.41, 5.74) is -0.578. The van der Waals surface area contributed by atoms with Crippen molar-refractivity contribution in [1.82, 2.24) is 10.6 Å². The van der Waals surface area contributed by atoms with E-state index in [1.165, 1.54) is 0 Å². The molecule has 0 aromatic heterocycles. The van der Waals surface area contributed by atoms with E-state index < -0.39 is 17.7 Å². The number of carbonyl (C=O) groups excluding carboxylic acids is 2. The van der Waals surface area contributed by atoms with Crippen molar-refractivity contribution in [2.75, 3.05) is 13.6 Å². The second-order valence-electron chi connectivity index (χ2n) is 6.82. The van der Waals surface area contributed by atoms with Gasteiger partial charge in [0, 0.05) is 0 Å². The summed E-state index contributed by atoms with van der Waals surface area (Å²) in [5, 5.41) is 26.3. The van der Waals surface area contributed by atoms with E-state index in [1.807, 2.05) is 13.8 Å². The standard InChI is InChI=1S/C18H36N2O4/c1-6-20-15(13(2)21)9-7-10-16(23)17(24)11-8-12-18(4,19-5)14(3)22/h15-17,19-20,23-24H,6-12H2,1-5H3. The number of nitrogens with one attached hydrogen (secondary N) is 2. The Bertz CT molecular complexity index is 389. The molecule has 24 heavy (non-hydrogen) atoms. The molecule has 0 heterocycles. The van der Waals surface area contributed by atoms with Gasteiger partial charge in [0.25, 0.3) is 0 Å². The highest BCUT2D eigenvalue weighted by Crippen LogP contribution is 2.18. The lowest BCUT2D eigenvalue weighted by Gasteiger charge is -2.27. The van der Waals surface area contributed by atoms with Gasteiger partial charge in [0.05, 0.1) is 23.8 Å². The quantitative estimate of drug-likeness (QED) is 0.378. The highest BCUT2D eigenvalue weighted by molar-refractivity contribution is 5.85. The first-order valence-electron chi connectivity index (χ1n) is 8.97.